The Morgan fingerprint density at radius 2 is 0.700 bits per heavy atom. The average molecular weight is 897 g/mol. The normalized spacial score (nSPS) is 12.0. The number of aromatic nitrogens is 10. The summed E-state index contributed by atoms with van der Waals surface area (Å²) in [7, 11) is 0. The zero-order valence-corrected chi connectivity index (χ0v) is 37.3. The minimum absolute atomic E-state index is 0.480. The molecule has 10 nitrogen and oxygen atoms in total. The van der Waals surface area contributed by atoms with E-state index < -0.39 is 0 Å². The summed E-state index contributed by atoms with van der Waals surface area (Å²) in [5.41, 5.74) is 11.6. The molecule has 0 saturated carbocycles. The fourth-order valence-corrected chi connectivity index (χ4v) is 10.9. The minimum Gasteiger partial charge on any atom is -0.294 e. The van der Waals surface area contributed by atoms with Crippen molar-refractivity contribution in [2.45, 2.75) is 0 Å². The highest BCUT2D eigenvalue weighted by Gasteiger charge is 2.28. The zero-order chi connectivity index (χ0) is 45.9. The van der Waals surface area contributed by atoms with Crippen molar-refractivity contribution in [3.63, 3.8) is 0 Å². The summed E-state index contributed by atoms with van der Waals surface area (Å²) < 4.78 is 9.02. The molecule has 15 aromatic rings. The Morgan fingerprint density at radius 3 is 1.24 bits per heavy atom. The lowest BCUT2D eigenvalue weighted by Gasteiger charge is -2.22. The Morgan fingerprint density at radius 1 is 0.300 bits per heavy atom. The number of fused-ring (bicyclic) bond motifs is 12. The van der Waals surface area contributed by atoms with Crippen molar-refractivity contribution in [2.75, 3.05) is 0 Å². The van der Waals surface area contributed by atoms with Crippen LogP contribution in [0.1, 0.15) is 0 Å². The van der Waals surface area contributed by atoms with Gasteiger partial charge in [0.05, 0.1) is 44.6 Å². The van der Waals surface area contributed by atoms with Crippen LogP contribution in [-0.4, -0.2) is 48.2 Å². The van der Waals surface area contributed by atoms with Crippen LogP contribution in [0, 0.1) is 0 Å². The van der Waals surface area contributed by atoms with Gasteiger partial charge in [-0.2, -0.15) is 9.97 Å². The van der Waals surface area contributed by atoms with E-state index in [1.165, 1.54) is 0 Å². The van der Waals surface area contributed by atoms with Gasteiger partial charge in [-0.25, -0.2) is 19.9 Å². The van der Waals surface area contributed by atoms with Gasteiger partial charge in [0.25, 0.3) is 0 Å². The predicted octanol–water partition coefficient (Wildman–Crippen LogP) is 13.8. The van der Waals surface area contributed by atoms with Gasteiger partial charge in [0.2, 0.25) is 5.95 Å². The fraction of sp³-hybridized carbons (Fsp3) is 0. The van der Waals surface area contributed by atoms with E-state index in [0.29, 0.717) is 17.6 Å². The van der Waals surface area contributed by atoms with Crippen LogP contribution in [0.3, 0.4) is 0 Å². The highest BCUT2D eigenvalue weighted by atomic mass is 15.2. The molecule has 8 heterocycles. The lowest BCUT2D eigenvalue weighted by Crippen LogP contribution is -2.12. The largest absolute Gasteiger partial charge is 0.294 e. The molecule has 0 bridgehead atoms. The minimum atomic E-state index is 0.480. The Balaban J connectivity index is 1.18. The average Bonchev–Trinajstić information content (AvgIpc) is 4.16. The van der Waals surface area contributed by atoms with Crippen LogP contribution in [0.5, 0.6) is 0 Å². The van der Waals surface area contributed by atoms with E-state index in [-0.39, 0.29) is 0 Å². The number of benzene rings is 7. The van der Waals surface area contributed by atoms with Crippen LogP contribution in [0.15, 0.2) is 219 Å². The van der Waals surface area contributed by atoms with E-state index in [2.05, 4.69) is 182 Å². The van der Waals surface area contributed by atoms with Gasteiger partial charge in [0, 0.05) is 72.8 Å². The van der Waals surface area contributed by atoms with Crippen molar-refractivity contribution in [1.29, 1.82) is 0 Å². The van der Waals surface area contributed by atoms with Crippen molar-refractivity contribution in [2.24, 2.45) is 0 Å². The van der Waals surface area contributed by atoms with Gasteiger partial charge in [0.1, 0.15) is 16.9 Å². The Kier molecular flexibility index (Phi) is 8.13. The van der Waals surface area contributed by atoms with Gasteiger partial charge in [-0.05, 0) is 78.9 Å². The summed E-state index contributed by atoms with van der Waals surface area (Å²) in [6, 6.07) is 69.6. The number of para-hydroxylation sites is 5. The van der Waals surface area contributed by atoms with Gasteiger partial charge < -0.3 is 0 Å². The molecule has 0 fully saturated rings. The second-order valence-corrected chi connectivity index (χ2v) is 17.6. The number of pyridine rings is 3. The molecule has 0 N–H and O–H groups in total. The summed E-state index contributed by atoms with van der Waals surface area (Å²) in [5, 5.41) is 8.60. The first kappa shape index (κ1) is 38.3. The maximum atomic E-state index is 5.65. The first-order valence-electron chi connectivity index (χ1n) is 23.3. The SMILES string of the molecule is c1ccc(-c2nc(-c3cc(-n4c5ccccc5c5cccnc54)cc(-n4c5ccccc5c5cccnc54)c3-n3c4ccccc4c4cccnc43)nc(-n3c4ccccc4c4ccccc43)n2)cc1. The topological polar surface area (TPSA) is 97.1 Å². The standard InChI is InChI=1S/C60H36N10/c1-2-17-37(18-3-1)55-64-56(66-60(65-55)69-50-29-11-4-19-39(50)40-20-5-12-30-51(40)69)47-35-38(67-48-27-9-6-21-41(48)44-24-14-32-61-57(44)67)36-53(68-49-28-10-7-22-42(49)45-25-15-33-62-58(45)68)54(47)70-52-31-13-8-23-43(52)46-26-16-34-63-59(46)70/h1-36H. The van der Waals surface area contributed by atoms with E-state index in [0.717, 1.165) is 116 Å². The summed E-state index contributed by atoms with van der Waals surface area (Å²) in [6.45, 7) is 0. The second kappa shape index (κ2) is 14.9. The molecule has 326 valence electrons. The van der Waals surface area contributed by atoms with Crippen LogP contribution >= 0.6 is 0 Å². The van der Waals surface area contributed by atoms with Crippen molar-refractivity contribution in [3.05, 3.63) is 219 Å². The Labute approximate surface area is 398 Å². The third-order valence-corrected chi connectivity index (χ3v) is 13.8. The monoisotopic (exact) mass is 896 g/mol. The van der Waals surface area contributed by atoms with Gasteiger partial charge in [-0.3, -0.25) is 18.3 Å². The molecular formula is C60H36N10. The van der Waals surface area contributed by atoms with Crippen LogP contribution in [0.2, 0.25) is 0 Å². The highest BCUT2D eigenvalue weighted by molar-refractivity contribution is 6.13. The molecule has 0 atom stereocenters. The second-order valence-electron chi connectivity index (χ2n) is 17.6. The molecule has 0 amide bonds. The molecule has 0 aliphatic rings. The molecule has 0 spiro atoms. The molecule has 10 heteroatoms. The number of hydrogen-bond donors (Lipinski definition) is 0. The Hall–Kier alpha value is -9.80. The van der Waals surface area contributed by atoms with E-state index in [1.54, 1.807) is 0 Å². The summed E-state index contributed by atoms with van der Waals surface area (Å²) >= 11 is 0. The third kappa shape index (κ3) is 5.49. The van der Waals surface area contributed by atoms with Gasteiger partial charge in [-0.1, -0.05) is 121 Å². The van der Waals surface area contributed by atoms with Gasteiger partial charge >= 0.3 is 0 Å². The number of rotatable bonds is 6. The quantitative estimate of drug-likeness (QED) is 0.165. The van der Waals surface area contributed by atoms with Crippen molar-refractivity contribution in [1.82, 2.24) is 48.2 Å². The third-order valence-electron chi connectivity index (χ3n) is 13.8. The van der Waals surface area contributed by atoms with E-state index >= 15 is 0 Å². The molecule has 8 aromatic heterocycles. The van der Waals surface area contributed by atoms with Gasteiger partial charge in [-0.15, -0.1) is 0 Å². The smallest absolute Gasteiger partial charge is 0.238 e. The lowest BCUT2D eigenvalue weighted by atomic mass is 10.1. The molecule has 0 unspecified atom stereocenters. The van der Waals surface area contributed by atoms with Crippen molar-refractivity contribution < 1.29 is 0 Å². The molecule has 0 aliphatic carbocycles. The zero-order valence-electron chi connectivity index (χ0n) is 37.3. The van der Waals surface area contributed by atoms with Crippen LogP contribution in [0.4, 0.5) is 0 Å². The van der Waals surface area contributed by atoms with Crippen molar-refractivity contribution in [3.8, 4) is 45.8 Å². The predicted molar refractivity (Wildman–Crippen MR) is 281 cm³/mol. The van der Waals surface area contributed by atoms with Crippen LogP contribution < -0.4 is 0 Å². The summed E-state index contributed by atoms with van der Waals surface area (Å²) in [6.07, 6.45) is 5.61. The summed E-state index contributed by atoms with van der Waals surface area (Å²) in [5.74, 6) is 1.52. The maximum absolute atomic E-state index is 5.65. The fourth-order valence-electron chi connectivity index (χ4n) is 10.9. The van der Waals surface area contributed by atoms with E-state index in [4.69, 9.17) is 29.9 Å². The van der Waals surface area contributed by atoms with Crippen LogP contribution in [0.25, 0.3) is 133 Å². The highest BCUT2D eigenvalue weighted by Crippen LogP contribution is 2.44. The molecule has 7 aromatic carbocycles. The van der Waals surface area contributed by atoms with Crippen molar-refractivity contribution >= 4 is 87.6 Å². The Bertz CT molecular complexity index is 4400. The number of hydrogen-bond acceptors (Lipinski definition) is 6. The molecular weight excluding hydrogens is 861 g/mol. The molecule has 70 heavy (non-hydrogen) atoms. The van der Waals surface area contributed by atoms with E-state index in [9.17, 15) is 0 Å². The maximum Gasteiger partial charge on any atom is 0.238 e. The molecule has 0 radical (unpaired) electrons. The van der Waals surface area contributed by atoms with Gasteiger partial charge in [0.15, 0.2) is 11.6 Å². The number of nitrogens with zero attached hydrogens (tertiary/aromatic N) is 10. The first-order chi connectivity index (χ1) is 34.8. The molecule has 15 rings (SSSR count). The lowest BCUT2D eigenvalue weighted by molar-refractivity contribution is 0.949. The molecule has 0 saturated heterocycles. The summed E-state index contributed by atoms with van der Waals surface area (Å²) in [4.78, 5) is 32.0. The first-order valence-corrected chi connectivity index (χ1v) is 23.3. The molecule has 0 aliphatic heterocycles. The van der Waals surface area contributed by atoms with E-state index in [1.807, 2.05) is 55.0 Å². The van der Waals surface area contributed by atoms with Crippen LogP contribution in [-0.2, 0) is 0 Å².